The highest BCUT2D eigenvalue weighted by Crippen LogP contribution is 2.52. The molecule has 2 heteroatoms. The number of phenolic OH excluding ortho intramolecular Hbond substituents is 1. The molecule has 0 bridgehead atoms. The van der Waals surface area contributed by atoms with Crippen LogP contribution in [0.2, 0.25) is 0 Å². The Labute approximate surface area is 133 Å². The van der Waals surface area contributed by atoms with Crippen molar-refractivity contribution in [1.82, 2.24) is 0 Å². The molecule has 2 nitrogen and oxygen atoms in total. The Bertz CT molecular complexity index is 650. The average Bonchev–Trinajstić information content (AvgIpc) is 2.80. The van der Waals surface area contributed by atoms with E-state index in [2.05, 4.69) is 45.9 Å². The Morgan fingerprint density at radius 1 is 1.23 bits per heavy atom. The van der Waals surface area contributed by atoms with Crippen LogP contribution in [0.3, 0.4) is 0 Å². The minimum absolute atomic E-state index is 0.156. The highest BCUT2D eigenvalue weighted by Gasteiger charge is 2.41. The zero-order valence-electron chi connectivity index (χ0n) is 14.1. The highest BCUT2D eigenvalue weighted by atomic mass is 16.5. The molecule has 0 spiro atoms. The monoisotopic (exact) mass is 298 g/mol. The third-order valence-electron chi connectivity index (χ3n) is 4.77. The van der Waals surface area contributed by atoms with Crippen LogP contribution in [0.4, 0.5) is 0 Å². The molecule has 1 unspecified atom stereocenters. The van der Waals surface area contributed by atoms with Crippen molar-refractivity contribution in [3.05, 3.63) is 46.6 Å². The van der Waals surface area contributed by atoms with Crippen LogP contribution in [0, 0.1) is 0 Å². The summed E-state index contributed by atoms with van der Waals surface area (Å²) in [5.74, 6) is 1.38. The molecule has 1 heterocycles. The summed E-state index contributed by atoms with van der Waals surface area (Å²) < 4.78 is 6.25. The van der Waals surface area contributed by atoms with Crippen molar-refractivity contribution in [3.63, 3.8) is 0 Å². The van der Waals surface area contributed by atoms with Crippen LogP contribution < -0.4 is 4.74 Å². The Hall–Kier alpha value is -1.70. The Morgan fingerprint density at radius 2 is 2.00 bits per heavy atom. The number of rotatable bonds is 4. The molecular weight excluding hydrogens is 272 g/mol. The van der Waals surface area contributed by atoms with Crippen LogP contribution in [0.25, 0.3) is 0 Å². The van der Waals surface area contributed by atoms with E-state index in [1.165, 1.54) is 29.6 Å². The summed E-state index contributed by atoms with van der Waals surface area (Å²) in [6.45, 7) is 8.54. The zero-order chi connectivity index (χ0) is 15.9. The number of hydrogen-bond donors (Lipinski definition) is 1. The second kappa shape index (κ2) is 5.49. The summed E-state index contributed by atoms with van der Waals surface area (Å²) >= 11 is 0. The van der Waals surface area contributed by atoms with Gasteiger partial charge >= 0.3 is 0 Å². The number of aromatic hydroxyl groups is 1. The Morgan fingerprint density at radius 3 is 2.73 bits per heavy atom. The molecule has 0 saturated heterocycles. The van der Waals surface area contributed by atoms with Crippen molar-refractivity contribution >= 4 is 0 Å². The molecule has 1 N–H and O–H groups in total. The molecule has 1 aliphatic carbocycles. The number of ether oxygens (including phenoxy) is 1. The van der Waals surface area contributed by atoms with Crippen LogP contribution in [0.1, 0.15) is 64.0 Å². The number of hydrogen-bond acceptors (Lipinski definition) is 2. The zero-order valence-corrected chi connectivity index (χ0v) is 14.1. The van der Waals surface area contributed by atoms with Gasteiger partial charge in [-0.2, -0.15) is 0 Å². The molecule has 0 fully saturated rings. The summed E-state index contributed by atoms with van der Waals surface area (Å²) in [6.07, 6.45) is 9.02. The van der Waals surface area contributed by atoms with E-state index >= 15 is 0 Å². The van der Waals surface area contributed by atoms with E-state index in [1.54, 1.807) is 0 Å². The molecule has 0 radical (unpaired) electrons. The predicted molar refractivity (Wildman–Crippen MR) is 90.6 cm³/mol. The van der Waals surface area contributed by atoms with Gasteiger partial charge in [0.2, 0.25) is 0 Å². The van der Waals surface area contributed by atoms with Gasteiger partial charge in [-0.05, 0) is 56.9 Å². The SMILES string of the molecule is CCCCCc1cc(O)c2c(c1)OC(C)(C)C1=CC(C)=CC12. The third kappa shape index (κ3) is 2.55. The molecular formula is C20H26O2. The van der Waals surface area contributed by atoms with E-state index in [0.29, 0.717) is 5.75 Å². The van der Waals surface area contributed by atoms with Gasteiger partial charge in [0.1, 0.15) is 17.1 Å². The first-order chi connectivity index (χ1) is 10.4. The van der Waals surface area contributed by atoms with Crippen molar-refractivity contribution in [2.75, 3.05) is 0 Å². The van der Waals surface area contributed by atoms with Crippen LogP contribution in [-0.2, 0) is 6.42 Å². The van der Waals surface area contributed by atoms with Gasteiger partial charge < -0.3 is 9.84 Å². The molecule has 118 valence electrons. The van der Waals surface area contributed by atoms with Crippen LogP contribution in [0.15, 0.2) is 35.4 Å². The minimum Gasteiger partial charge on any atom is -0.507 e. The van der Waals surface area contributed by atoms with Gasteiger partial charge in [0.15, 0.2) is 0 Å². The summed E-state index contributed by atoms with van der Waals surface area (Å²) in [4.78, 5) is 0. The molecule has 0 amide bonds. The third-order valence-corrected chi connectivity index (χ3v) is 4.77. The van der Waals surface area contributed by atoms with Gasteiger partial charge in [0.05, 0.1) is 0 Å². The number of unbranched alkanes of at least 4 members (excludes halogenated alkanes) is 2. The first-order valence-electron chi connectivity index (χ1n) is 8.37. The smallest absolute Gasteiger partial charge is 0.128 e. The molecule has 2 aliphatic rings. The van der Waals surface area contributed by atoms with E-state index in [-0.39, 0.29) is 11.5 Å². The molecule has 1 aromatic rings. The standard InChI is InChI=1S/C20H26O2/c1-5-6-7-8-14-11-17(21)19-15-9-13(2)10-16(15)20(3,4)22-18(19)12-14/h9-12,15,21H,5-8H2,1-4H3. The maximum absolute atomic E-state index is 10.6. The van der Waals surface area contributed by atoms with E-state index in [9.17, 15) is 5.11 Å². The second-order valence-electron chi connectivity index (χ2n) is 7.08. The lowest BCUT2D eigenvalue weighted by atomic mass is 9.80. The van der Waals surface area contributed by atoms with Gasteiger partial charge in [0.25, 0.3) is 0 Å². The summed E-state index contributed by atoms with van der Waals surface area (Å²) in [5.41, 5.74) is 4.27. The highest BCUT2D eigenvalue weighted by molar-refractivity contribution is 5.61. The fourth-order valence-electron chi connectivity index (χ4n) is 3.64. The van der Waals surface area contributed by atoms with Gasteiger partial charge in [-0.15, -0.1) is 0 Å². The average molecular weight is 298 g/mol. The van der Waals surface area contributed by atoms with E-state index in [4.69, 9.17) is 4.74 Å². The number of fused-ring (bicyclic) bond motifs is 3. The van der Waals surface area contributed by atoms with Crippen LogP contribution >= 0.6 is 0 Å². The molecule has 1 aliphatic heterocycles. The van der Waals surface area contributed by atoms with E-state index < -0.39 is 0 Å². The lowest BCUT2D eigenvalue weighted by Gasteiger charge is -2.38. The summed E-state index contributed by atoms with van der Waals surface area (Å²) in [6, 6.07) is 4.06. The number of phenols is 1. The van der Waals surface area contributed by atoms with Crippen molar-refractivity contribution in [2.45, 2.75) is 64.9 Å². The van der Waals surface area contributed by atoms with Gasteiger partial charge in [-0.3, -0.25) is 0 Å². The largest absolute Gasteiger partial charge is 0.507 e. The van der Waals surface area contributed by atoms with Crippen molar-refractivity contribution < 1.29 is 9.84 Å². The van der Waals surface area contributed by atoms with Crippen molar-refractivity contribution in [1.29, 1.82) is 0 Å². The first kappa shape index (κ1) is 15.2. The van der Waals surface area contributed by atoms with Crippen LogP contribution in [-0.4, -0.2) is 10.7 Å². The number of benzene rings is 1. The topological polar surface area (TPSA) is 29.5 Å². The quantitative estimate of drug-likeness (QED) is 0.768. The summed E-state index contributed by atoms with van der Waals surface area (Å²) in [7, 11) is 0. The molecule has 0 aromatic heterocycles. The van der Waals surface area contributed by atoms with Gasteiger partial charge in [0, 0.05) is 11.5 Å². The molecule has 0 saturated carbocycles. The molecule has 1 aromatic carbocycles. The van der Waals surface area contributed by atoms with Crippen molar-refractivity contribution in [3.8, 4) is 11.5 Å². The fraction of sp³-hybridized carbons (Fsp3) is 0.500. The molecule has 3 rings (SSSR count). The predicted octanol–water partition coefficient (Wildman–Crippen LogP) is 5.27. The minimum atomic E-state index is -0.319. The lowest BCUT2D eigenvalue weighted by Crippen LogP contribution is -2.36. The van der Waals surface area contributed by atoms with Gasteiger partial charge in [-0.25, -0.2) is 0 Å². The van der Waals surface area contributed by atoms with E-state index in [0.717, 1.165) is 24.2 Å². The van der Waals surface area contributed by atoms with Crippen molar-refractivity contribution in [2.24, 2.45) is 0 Å². The maximum Gasteiger partial charge on any atom is 0.128 e. The maximum atomic E-state index is 10.6. The lowest BCUT2D eigenvalue weighted by molar-refractivity contribution is 0.129. The number of allylic oxidation sites excluding steroid dienone is 3. The second-order valence-corrected chi connectivity index (χ2v) is 7.08. The molecule has 22 heavy (non-hydrogen) atoms. The van der Waals surface area contributed by atoms with Crippen LogP contribution in [0.5, 0.6) is 11.5 Å². The van der Waals surface area contributed by atoms with E-state index in [1.807, 2.05) is 6.07 Å². The fourth-order valence-corrected chi connectivity index (χ4v) is 3.64. The Balaban J connectivity index is 2.00. The van der Waals surface area contributed by atoms with Gasteiger partial charge in [-0.1, -0.05) is 37.5 Å². The Kier molecular flexibility index (Phi) is 3.80. The first-order valence-corrected chi connectivity index (χ1v) is 8.37. The molecule has 1 atom stereocenters. The summed E-state index contributed by atoms with van der Waals surface area (Å²) in [5, 5.41) is 10.6. The normalized spacial score (nSPS) is 21.5. The number of aryl methyl sites for hydroxylation is 1.